The summed E-state index contributed by atoms with van der Waals surface area (Å²) in [5.41, 5.74) is 0.00138. The maximum Gasteiger partial charge on any atom is 0.417 e. The molecule has 2 aromatic carbocycles. The normalized spacial score (nSPS) is 14.2. The Bertz CT molecular complexity index is 1080. The largest absolute Gasteiger partial charge is 0.417 e. The lowest BCUT2D eigenvalue weighted by Gasteiger charge is -2.22. The average molecular weight is 400 g/mol. The van der Waals surface area contributed by atoms with Crippen LogP contribution in [0.4, 0.5) is 30.2 Å². The lowest BCUT2D eigenvalue weighted by atomic mass is 10.1. The van der Waals surface area contributed by atoms with Crippen LogP contribution in [0, 0.1) is 24.8 Å². The second-order valence-corrected chi connectivity index (χ2v) is 6.39. The van der Waals surface area contributed by atoms with Gasteiger partial charge in [-0.3, -0.25) is 9.69 Å². The zero-order valence-electron chi connectivity index (χ0n) is 14.4. The van der Waals surface area contributed by atoms with E-state index in [-0.39, 0.29) is 17.3 Å². The van der Waals surface area contributed by atoms with Crippen LogP contribution in [0.2, 0.25) is 0 Å². The van der Waals surface area contributed by atoms with Gasteiger partial charge >= 0.3 is 6.18 Å². The molecule has 0 saturated carbocycles. The SMILES string of the molecule is [C-]#[N+]c1ccc(N2C(=O)CN(c3ccc(C#N)c(C(F)(F)F)c3)C2=S)cc1C. The third kappa shape index (κ3) is 3.28. The van der Waals surface area contributed by atoms with Gasteiger partial charge in [0, 0.05) is 11.4 Å². The summed E-state index contributed by atoms with van der Waals surface area (Å²) in [4.78, 5) is 18.4. The molecule has 3 rings (SSSR count). The van der Waals surface area contributed by atoms with Crippen LogP contribution >= 0.6 is 12.2 Å². The van der Waals surface area contributed by atoms with E-state index < -0.39 is 23.2 Å². The first kappa shape index (κ1) is 19.3. The van der Waals surface area contributed by atoms with E-state index in [1.165, 1.54) is 21.9 Å². The summed E-state index contributed by atoms with van der Waals surface area (Å²) in [5.74, 6) is -0.405. The van der Waals surface area contributed by atoms with Crippen molar-refractivity contribution in [1.29, 1.82) is 5.26 Å². The van der Waals surface area contributed by atoms with Crippen molar-refractivity contribution in [2.45, 2.75) is 13.1 Å². The van der Waals surface area contributed by atoms with Crippen molar-refractivity contribution >= 4 is 40.3 Å². The Morgan fingerprint density at radius 3 is 2.46 bits per heavy atom. The Morgan fingerprint density at radius 2 is 1.89 bits per heavy atom. The fourth-order valence-electron chi connectivity index (χ4n) is 2.89. The Morgan fingerprint density at radius 1 is 1.21 bits per heavy atom. The van der Waals surface area contributed by atoms with Crippen LogP contribution in [0.15, 0.2) is 36.4 Å². The predicted octanol–water partition coefficient (Wildman–Crippen LogP) is 4.57. The molecule has 0 N–H and O–H groups in total. The number of hydrogen-bond donors (Lipinski definition) is 0. The fourth-order valence-corrected chi connectivity index (χ4v) is 3.27. The van der Waals surface area contributed by atoms with Gasteiger partial charge < -0.3 is 4.90 Å². The maximum absolute atomic E-state index is 13.2. The molecule has 1 heterocycles. The van der Waals surface area contributed by atoms with Crippen LogP contribution in [0.5, 0.6) is 0 Å². The lowest BCUT2D eigenvalue weighted by molar-refractivity contribution is -0.137. The minimum absolute atomic E-state index is 0.0257. The van der Waals surface area contributed by atoms with E-state index in [0.717, 1.165) is 12.1 Å². The quantitative estimate of drug-likeness (QED) is 0.547. The Labute approximate surface area is 164 Å². The van der Waals surface area contributed by atoms with Gasteiger partial charge in [-0.05, 0) is 55.0 Å². The van der Waals surface area contributed by atoms with Crippen LogP contribution in [0.1, 0.15) is 16.7 Å². The highest BCUT2D eigenvalue weighted by atomic mass is 32.1. The second kappa shape index (κ2) is 6.95. The summed E-state index contributed by atoms with van der Waals surface area (Å²) >= 11 is 5.33. The number of anilines is 2. The fraction of sp³-hybridized carbons (Fsp3) is 0.158. The zero-order valence-corrected chi connectivity index (χ0v) is 15.2. The van der Waals surface area contributed by atoms with Gasteiger partial charge in [0.25, 0.3) is 5.91 Å². The Kier molecular flexibility index (Phi) is 4.80. The zero-order chi connectivity index (χ0) is 20.6. The molecule has 1 fully saturated rings. The second-order valence-electron chi connectivity index (χ2n) is 6.02. The summed E-state index contributed by atoms with van der Waals surface area (Å²) in [6.45, 7) is 8.57. The van der Waals surface area contributed by atoms with Crippen molar-refractivity contribution in [3.8, 4) is 6.07 Å². The first-order valence-corrected chi connectivity index (χ1v) is 8.32. The van der Waals surface area contributed by atoms with E-state index >= 15 is 0 Å². The molecule has 0 spiro atoms. The molecule has 1 amide bonds. The number of thiocarbonyl (C=S) groups is 1. The van der Waals surface area contributed by atoms with Crippen molar-refractivity contribution in [3.63, 3.8) is 0 Å². The van der Waals surface area contributed by atoms with E-state index in [9.17, 15) is 18.0 Å². The van der Waals surface area contributed by atoms with Gasteiger partial charge in [0.2, 0.25) is 0 Å². The molecule has 1 saturated heterocycles. The molecule has 2 aromatic rings. The smallest absolute Gasteiger partial charge is 0.309 e. The van der Waals surface area contributed by atoms with Crippen molar-refractivity contribution in [1.82, 2.24) is 0 Å². The van der Waals surface area contributed by atoms with Crippen LogP contribution < -0.4 is 9.80 Å². The number of carbonyl (C=O) groups excluding carboxylic acids is 1. The molecule has 28 heavy (non-hydrogen) atoms. The number of benzene rings is 2. The first-order valence-electron chi connectivity index (χ1n) is 7.91. The first-order chi connectivity index (χ1) is 13.2. The molecule has 0 aromatic heterocycles. The minimum atomic E-state index is -4.71. The predicted molar refractivity (Wildman–Crippen MR) is 101 cm³/mol. The molecule has 0 unspecified atom stereocenters. The highest BCUT2D eigenvalue weighted by molar-refractivity contribution is 7.81. The molecule has 0 bridgehead atoms. The summed E-state index contributed by atoms with van der Waals surface area (Å²) in [7, 11) is 0. The molecule has 0 atom stereocenters. The number of carbonyl (C=O) groups is 1. The topological polar surface area (TPSA) is 51.7 Å². The Hall–Kier alpha value is -3.43. The van der Waals surface area contributed by atoms with E-state index in [1.807, 2.05) is 0 Å². The third-order valence-electron chi connectivity index (χ3n) is 4.26. The summed E-state index contributed by atoms with van der Waals surface area (Å²) in [5, 5.41) is 8.94. The van der Waals surface area contributed by atoms with Crippen LogP contribution in [0.25, 0.3) is 4.85 Å². The van der Waals surface area contributed by atoms with Crippen molar-refractivity contribution in [3.05, 3.63) is 64.5 Å². The van der Waals surface area contributed by atoms with E-state index in [1.54, 1.807) is 25.1 Å². The van der Waals surface area contributed by atoms with Gasteiger partial charge in [-0.25, -0.2) is 4.85 Å². The lowest BCUT2D eigenvalue weighted by Crippen LogP contribution is -2.32. The highest BCUT2D eigenvalue weighted by Crippen LogP contribution is 2.36. The van der Waals surface area contributed by atoms with E-state index in [2.05, 4.69) is 4.85 Å². The number of amides is 1. The average Bonchev–Trinajstić information content (AvgIpc) is 2.94. The third-order valence-corrected chi connectivity index (χ3v) is 4.67. The van der Waals surface area contributed by atoms with Crippen LogP contribution in [-0.4, -0.2) is 17.6 Å². The molecule has 140 valence electrons. The number of halogens is 3. The molecule has 5 nitrogen and oxygen atoms in total. The molecule has 9 heteroatoms. The number of aryl methyl sites for hydroxylation is 1. The number of nitrogens with zero attached hydrogens (tertiary/aromatic N) is 4. The van der Waals surface area contributed by atoms with Crippen molar-refractivity contribution < 1.29 is 18.0 Å². The molecular formula is C19H11F3N4OS. The van der Waals surface area contributed by atoms with Gasteiger partial charge in [-0.15, -0.1) is 0 Å². The molecular weight excluding hydrogens is 389 g/mol. The monoisotopic (exact) mass is 400 g/mol. The van der Waals surface area contributed by atoms with Gasteiger partial charge in [0.15, 0.2) is 10.8 Å². The Balaban J connectivity index is 2.00. The van der Waals surface area contributed by atoms with Gasteiger partial charge in [-0.2, -0.15) is 18.4 Å². The van der Waals surface area contributed by atoms with Gasteiger partial charge in [0.1, 0.15) is 6.54 Å². The summed E-state index contributed by atoms with van der Waals surface area (Å²) in [6.07, 6.45) is -4.71. The number of alkyl halides is 3. The van der Waals surface area contributed by atoms with Crippen LogP contribution in [-0.2, 0) is 11.0 Å². The molecule has 0 radical (unpaired) electrons. The van der Waals surface area contributed by atoms with Gasteiger partial charge in [0.05, 0.1) is 23.8 Å². The molecule has 1 aliphatic heterocycles. The maximum atomic E-state index is 13.2. The van der Waals surface area contributed by atoms with Crippen LogP contribution in [0.3, 0.4) is 0 Å². The van der Waals surface area contributed by atoms with E-state index in [0.29, 0.717) is 16.9 Å². The standard InChI is InChI=1S/C19H11F3N4OS/c1-11-7-14(5-6-16(11)24-2)26-17(27)10-25(18(26)28)13-4-3-12(9-23)15(8-13)19(20,21)22/h3-8H,10H2,1H3. The molecule has 1 aliphatic rings. The van der Waals surface area contributed by atoms with E-state index in [4.69, 9.17) is 24.1 Å². The molecule has 0 aliphatic carbocycles. The van der Waals surface area contributed by atoms with Gasteiger partial charge in [-0.1, -0.05) is 6.07 Å². The summed E-state index contributed by atoms with van der Waals surface area (Å²) in [6, 6.07) is 9.46. The highest BCUT2D eigenvalue weighted by Gasteiger charge is 2.38. The summed E-state index contributed by atoms with van der Waals surface area (Å²) < 4.78 is 39.7. The number of nitriles is 1. The number of rotatable bonds is 2. The van der Waals surface area contributed by atoms with Crippen molar-refractivity contribution in [2.75, 3.05) is 16.3 Å². The van der Waals surface area contributed by atoms with Crippen molar-refractivity contribution in [2.24, 2.45) is 0 Å². The minimum Gasteiger partial charge on any atom is -0.309 e. The number of hydrogen-bond acceptors (Lipinski definition) is 3.